The van der Waals surface area contributed by atoms with Crippen molar-refractivity contribution in [1.82, 2.24) is 15.1 Å². The van der Waals surface area contributed by atoms with E-state index in [1.807, 2.05) is 18.2 Å². The van der Waals surface area contributed by atoms with Crippen LogP contribution in [0.15, 0.2) is 103 Å². The highest BCUT2D eigenvalue weighted by Crippen LogP contribution is 2.33. The van der Waals surface area contributed by atoms with Crippen LogP contribution in [0.3, 0.4) is 0 Å². The van der Waals surface area contributed by atoms with E-state index in [2.05, 4.69) is 21.0 Å². The third-order valence-corrected chi connectivity index (χ3v) is 7.19. The third-order valence-electron chi connectivity index (χ3n) is 7.19. The average Bonchev–Trinajstić information content (AvgIpc) is 3.47. The normalized spacial score (nSPS) is 11.6. The summed E-state index contributed by atoms with van der Waals surface area (Å²) in [6.07, 6.45) is -8.41. The number of nitrogens with zero attached hydrogens (tertiary/aromatic N) is 2. The molecule has 4 aromatic carbocycles. The van der Waals surface area contributed by atoms with Gasteiger partial charge in [-0.25, -0.2) is 9.48 Å². The topological polar surface area (TPSA) is 88.0 Å². The van der Waals surface area contributed by atoms with Gasteiger partial charge in [0.05, 0.1) is 28.2 Å². The zero-order chi connectivity index (χ0) is 33.8. The van der Waals surface area contributed by atoms with Gasteiger partial charge in [-0.15, -0.1) is 0 Å². The number of aryl methyl sites for hydroxylation is 1. The lowest BCUT2D eigenvalue weighted by Gasteiger charge is -2.12. The van der Waals surface area contributed by atoms with Crippen molar-refractivity contribution in [3.05, 3.63) is 120 Å². The number of carbonyl (C=O) groups is 2. The Balaban J connectivity index is 1.36. The molecule has 5 rings (SSSR count). The van der Waals surface area contributed by atoms with Gasteiger partial charge in [0.2, 0.25) is 5.91 Å². The number of carbonyl (C=O) groups excluding carboxylic acids is 2. The Hall–Kier alpha value is -5.59. The lowest BCUT2D eigenvalue weighted by molar-refractivity contribution is -0.138. The van der Waals surface area contributed by atoms with Crippen LogP contribution in [-0.4, -0.2) is 28.8 Å². The molecule has 0 aliphatic carbocycles. The molecule has 0 atom stereocenters. The van der Waals surface area contributed by atoms with Crippen LogP contribution >= 0.6 is 0 Å². The van der Waals surface area contributed by atoms with Gasteiger partial charge in [-0.3, -0.25) is 4.79 Å². The van der Waals surface area contributed by atoms with Gasteiger partial charge in [-0.2, -0.15) is 31.4 Å². The van der Waals surface area contributed by atoms with Gasteiger partial charge in [-0.1, -0.05) is 42.5 Å². The standard InChI is InChI=1S/C34H27F6N5O2/c1-41-31(46)18-15-28-20-30(23-7-5-21(6-8-23)22-9-11-24(12-10-22)33(35,36)37)45(44-28)29-16-13-26(14-17-29)42-32(47)43-27-4-2-3-25(19-27)34(38,39)40/h2-14,16-17,19-20H,15,18H2,1H3,(H,41,46)(H2,42,43,47). The number of anilines is 2. The van der Waals surface area contributed by atoms with Crippen molar-refractivity contribution in [2.75, 3.05) is 17.7 Å². The van der Waals surface area contributed by atoms with Crippen molar-refractivity contribution >= 4 is 23.3 Å². The molecule has 3 N–H and O–H groups in total. The van der Waals surface area contributed by atoms with Crippen molar-refractivity contribution in [2.24, 2.45) is 0 Å². The van der Waals surface area contributed by atoms with Crippen LogP contribution in [-0.2, 0) is 23.6 Å². The fourth-order valence-corrected chi connectivity index (χ4v) is 4.76. The van der Waals surface area contributed by atoms with E-state index in [1.165, 1.54) is 24.3 Å². The maximum absolute atomic E-state index is 13.0. The number of halogens is 6. The van der Waals surface area contributed by atoms with Crippen LogP contribution in [0.4, 0.5) is 42.5 Å². The van der Waals surface area contributed by atoms with E-state index in [9.17, 15) is 35.9 Å². The summed E-state index contributed by atoms with van der Waals surface area (Å²) in [5, 5.41) is 12.2. The Morgan fingerprint density at radius 2 is 1.26 bits per heavy atom. The molecule has 3 amide bonds. The molecule has 1 aromatic heterocycles. The summed E-state index contributed by atoms with van der Waals surface area (Å²) in [6, 6.07) is 24.1. The Bertz CT molecular complexity index is 1860. The number of amides is 3. The molecule has 0 aliphatic rings. The fourth-order valence-electron chi connectivity index (χ4n) is 4.76. The molecule has 47 heavy (non-hydrogen) atoms. The zero-order valence-electron chi connectivity index (χ0n) is 24.7. The number of hydrogen-bond donors (Lipinski definition) is 3. The summed E-state index contributed by atoms with van der Waals surface area (Å²) in [4.78, 5) is 24.3. The third kappa shape index (κ3) is 8.17. The molecule has 0 aliphatic heterocycles. The lowest BCUT2D eigenvalue weighted by atomic mass is 10.0. The molecule has 0 unspecified atom stereocenters. The fraction of sp³-hybridized carbons (Fsp3) is 0.147. The van der Waals surface area contributed by atoms with E-state index in [1.54, 1.807) is 48.1 Å². The number of benzene rings is 4. The quantitative estimate of drug-likeness (QED) is 0.147. The van der Waals surface area contributed by atoms with E-state index in [0.717, 1.165) is 29.8 Å². The summed E-state index contributed by atoms with van der Waals surface area (Å²) in [6.45, 7) is 0. The minimum atomic E-state index is -4.55. The second-order valence-electron chi connectivity index (χ2n) is 10.5. The Kier molecular flexibility index (Phi) is 9.36. The molecule has 0 spiro atoms. The molecule has 0 bridgehead atoms. The predicted molar refractivity (Wildman–Crippen MR) is 166 cm³/mol. The van der Waals surface area contributed by atoms with Gasteiger partial charge in [0, 0.05) is 36.8 Å². The SMILES string of the molecule is CNC(=O)CCc1cc(-c2ccc(-c3ccc(C(F)(F)F)cc3)cc2)n(-c2ccc(NC(=O)Nc3cccc(C(F)(F)F)c3)cc2)n1. The van der Waals surface area contributed by atoms with Crippen LogP contribution < -0.4 is 16.0 Å². The Morgan fingerprint density at radius 3 is 1.85 bits per heavy atom. The maximum Gasteiger partial charge on any atom is 0.416 e. The molecule has 242 valence electrons. The molecule has 0 fully saturated rings. The molecule has 0 radical (unpaired) electrons. The first-order chi connectivity index (χ1) is 22.3. The molecule has 1 heterocycles. The largest absolute Gasteiger partial charge is 0.416 e. The van der Waals surface area contributed by atoms with Gasteiger partial charge in [0.1, 0.15) is 0 Å². The minimum absolute atomic E-state index is 0.0243. The highest BCUT2D eigenvalue weighted by Gasteiger charge is 2.31. The van der Waals surface area contributed by atoms with Gasteiger partial charge in [0.15, 0.2) is 0 Å². The average molecular weight is 652 g/mol. The van der Waals surface area contributed by atoms with Crippen LogP contribution in [0.2, 0.25) is 0 Å². The number of alkyl halides is 6. The second kappa shape index (κ2) is 13.4. The Morgan fingerprint density at radius 1 is 0.681 bits per heavy atom. The van der Waals surface area contributed by atoms with E-state index in [4.69, 9.17) is 0 Å². The van der Waals surface area contributed by atoms with Crippen molar-refractivity contribution in [1.29, 1.82) is 0 Å². The highest BCUT2D eigenvalue weighted by atomic mass is 19.4. The molecule has 0 saturated heterocycles. The van der Waals surface area contributed by atoms with Gasteiger partial charge in [0.25, 0.3) is 0 Å². The monoisotopic (exact) mass is 651 g/mol. The maximum atomic E-state index is 13.0. The number of aromatic nitrogens is 2. The first-order valence-electron chi connectivity index (χ1n) is 14.2. The number of hydrogen-bond acceptors (Lipinski definition) is 3. The molecular formula is C34H27F6N5O2. The highest BCUT2D eigenvalue weighted by molar-refractivity contribution is 5.99. The van der Waals surface area contributed by atoms with Gasteiger partial charge >= 0.3 is 18.4 Å². The zero-order valence-corrected chi connectivity index (χ0v) is 24.7. The Labute approximate surface area is 265 Å². The summed E-state index contributed by atoms with van der Waals surface area (Å²) in [5.74, 6) is -0.152. The number of urea groups is 1. The van der Waals surface area contributed by atoms with Crippen LogP contribution in [0.25, 0.3) is 28.1 Å². The molecule has 5 aromatic rings. The van der Waals surface area contributed by atoms with E-state index in [0.29, 0.717) is 40.3 Å². The molecule has 13 heteroatoms. The van der Waals surface area contributed by atoms with E-state index < -0.39 is 29.5 Å². The van der Waals surface area contributed by atoms with Crippen molar-refractivity contribution in [3.8, 4) is 28.1 Å². The minimum Gasteiger partial charge on any atom is -0.359 e. The van der Waals surface area contributed by atoms with Crippen LogP contribution in [0, 0.1) is 0 Å². The van der Waals surface area contributed by atoms with E-state index in [-0.39, 0.29) is 18.0 Å². The van der Waals surface area contributed by atoms with Crippen molar-refractivity contribution in [3.63, 3.8) is 0 Å². The molecule has 0 saturated carbocycles. The van der Waals surface area contributed by atoms with E-state index >= 15 is 0 Å². The number of nitrogens with one attached hydrogen (secondary N) is 3. The second-order valence-corrected chi connectivity index (χ2v) is 10.5. The summed E-state index contributed by atoms with van der Waals surface area (Å²) >= 11 is 0. The van der Waals surface area contributed by atoms with Crippen LogP contribution in [0.1, 0.15) is 23.2 Å². The first kappa shape index (κ1) is 32.8. The van der Waals surface area contributed by atoms with Crippen molar-refractivity contribution < 1.29 is 35.9 Å². The number of rotatable bonds is 8. The van der Waals surface area contributed by atoms with Crippen LogP contribution in [0.5, 0.6) is 0 Å². The predicted octanol–water partition coefficient (Wildman–Crippen LogP) is 8.57. The van der Waals surface area contributed by atoms with Crippen molar-refractivity contribution in [2.45, 2.75) is 25.2 Å². The van der Waals surface area contributed by atoms with Gasteiger partial charge in [-0.05, 0) is 71.8 Å². The summed E-state index contributed by atoms with van der Waals surface area (Å²) in [5.41, 5.74) is 2.73. The molecule has 7 nitrogen and oxygen atoms in total. The summed E-state index contributed by atoms with van der Waals surface area (Å²) in [7, 11) is 1.54. The lowest BCUT2D eigenvalue weighted by Crippen LogP contribution is -2.19. The first-order valence-corrected chi connectivity index (χ1v) is 14.2. The van der Waals surface area contributed by atoms with Gasteiger partial charge < -0.3 is 16.0 Å². The smallest absolute Gasteiger partial charge is 0.359 e. The summed E-state index contributed by atoms with van der Waals surface area (Å²) < 4.78 is 79.6. The molecular weight excluding hydrogens is 624 g/mol.